The highest BCUT2D eigenvalue weighted by Crippen LogP contribution is 2.50. The van der Waals surface area contributed by atoms with Crippen molar-refractivity contribution >= 4 is 27.9 Å². The molecule has 1 unspecified atom stereocenters. The van der Waals surface area contributed by atoms with Gasteiger partial charge < -0.3 is 31.4 Å². The largest absolute Gasteiger partial charge is 0.490 e. The van der Waals surface area contributed by atoms with Crippen molar-refractivity contribution in [3.63, 3.8) is 0 Å². The Balaban J connectivity index is 1.63. The Hall–Kier alpha value is -4.10. The van der Waals surface area contributed by atoms with E-state index >= 15 is 0 Å². The summed E-state index contributed by atoms with van der Waals surface area (Å²) in [5, 5.41) is 12.2. The van der Waals surface area contributed by atoms with Crippen LogP contribution in [0.1, 0.15) is 72.8 Å². The highest BCUT2D eigenvalue weighted by atomic mass is 32.2. The van der Waals surface area contributed by atoms with Gasteiger partial charge in [-0.3, -0.25) is 4.79 Å². The fraction of sp³-hybridized carbons (Fsp3) is 0.485. The van der Waals surface area contributed by atoms with Gasteiger partial charge in [0.15, 0.2) is 0 Å². The van der Waals surface area contributed by atoms with E-state index in [9.17, 15) is 23.1 Å². The summed E-state index contributed by atoms with van der Waals surface area (Å²) in [7, 11) is -4.09. The number of nitrogens with zero attached hydrogens (tertiary/aromatic N) is 1. The van der Waals surface area contributed by atoms with E-state index in [1.807, 2.05) is 34.6 Å². The first-order valence-corrected chi connectivity index (χ1v) is 16.7. The number of guanidine groups is 1. The Labute approximate surface area is 271 Å². The van der Waals surface area contributed by atoms with E-state index in [0.717, 1.165) is 11.1 Å². The number of aliphatic carboxylic acids is 1. The molecule has 13 heteroatoms. The molecular weight excluding hydrogens is 610 g/mol. The van der Waals surface area contributed by atoms with Crippen LogP contribution in [0, 0.1) is 5.41 Å². The van der Waals surface area contributed by atoms with Crippen molar-refractivity contribution in [1.29, 1.82) is 0 Å². The number of nitrogens with two attached hydrogens (primary N) is 2. The summed E-state index contributed by atoms with van der Waals surface area (Å²) in [6.07, 6.45) is 3.44. The van der Waals surface area contributed by atoms with Crippen molar-refractivity contribution in [2.45, 2.75) is 91.8 Å². The lowest BCUT2D eigenvalue weighted by Gasteiger charge is -2.38. The molecule has 0 saturated carbocycles. The molecule has 3 atom stereocenters. The number of hydrogen-bond acceptors (Lipinski definition) is 8. The van der Waals surface area contributed by atoms with Crippen LogP contribution < -0.4 is 26.2 Å². The first-order valence-electron chi connectivity index (χ1n) is 15.2. The molecule has 2 aliphatic rings. The molecule has 7 N–H and O–H groups in total. The van der Waals surface area contributed by atoms with Crippen LogP contribution in [-0.2, 0) is 30.8 Å². The molecule has 46 heavy (non-hydrogen) atoms. The van der Waals surface area contributed by atoms with Crippen LogP contribution in [-0.4, -0.2) is 56.1 Å². The first kappa shape index (κ1) is 36.4. The summed E-state index contributed by atoms with van der Waals surface area (Å²) in [6.45, 7) is 15.0. The Morgan fingerprint density at radius 1 is 1.17 bits per heavy atom. The molecule has 1 amide bonds. The van der Waals surface area contributed by atoms with Crippen LogP contribution in [0.3, 0.4) is 0 Å². The maximum absolute atomic E-state index is 13.8. The molecule has 0 aromatic heterocycles. The maximum atomic E-state index is 13.8. The highest BCUT2D eigenvalue weighted by molar-refractivity contribution is 7.94. The summed E-state index contributed by atoms with van der Waals surface area (Å²) in [5.41, 5.74) is 14.5. The molecule has 0 bridgehead atoms. The number of benzene rings is 1. The molecule has 1 aliphatic heterocycles. The molecule has 0 fully saturated rings. The van der Waals surface area contributed by atoms with Gasteiger partial charge in [0.2, 0.25) is 11.9 Å². The molecule has 3 rings (SSSR count). The standard InChI is InChI=1S/C33H47N5O7S/c1-8-17-44-24-12-10-23(11-13-24)18-27(31(40)41)37-30(39)26(34)14-9-19(2)36-32(35)38-46(42,43)29-28-20(3)21(4)45-22(5)25(28)15-16-33(29,6)7/h8,10-13,19,26-27H,1,9,14-18,34H2,2-7H3,(H,37,39)(H,40,41)(H3,35,36,38)/t19?,26-,27+/m1/s1. The number of carboxylic acids is 1. The lowest BCUT2D eigenvalue weighted by atomic mass is 9.74. The van der Waals surface area contributed by atoms with Gasteiger partial charge in [-0.05, 0) is 82.2 Å². The third-order valence-electron chi connectivity index (χ3n) is 8.22. The number of sulfonamides is 1. The quantitative estimate of drug-likeness (QED) is 0.112. The molecule has 12 nitrogen and oxygen atoms in total. The zero-order valence-corrected chi connectivity index (χ0v) is 28.3. The number of hydrogen-bond donors (Lipinski definition) is 5. The molecule has 0 saturated heterocycles. The first-order chi connectivity index (χ1) is 21.5. The van der Waals surface area contributed by atoms with Crippen LogP contribution >= 0.6 is 0 Å². The molecule has 1 aromatic rings. The number of ether oxygens (including phenoxy) is 2. The predicted molar refractivity (Wildman–Crippen MR) is 178 cm³/mol. The SMILES string of the molecule is C=CCOc1ccc(C[C@H](NC(=O)[C@H](N)CCC(C)N=C(N)NS(=O)(=O)C2=C3C(C)=C(C)OC(C)=C3CCC2(C)C)C(=O)O)cc1. The fourth-order valence-corrected chi connectivity index (χ4v) is 7.41. The predicted octanol–water partition coefficient (Wildman–Crippen LogP) is 3.77. The van der Waals surface area contributed by atoms with E-state index in [4.69, 9.17) is 20.9 Å². The van der Waals surface area contributed by atoms with Gasteiger partial charge >= 0.3 is 5.97 Å². The Bertz CT molecular complexity index is 1570. The van der Waals surface area contributed by atoms with Gasteiger partial charge in [0, 0.05) is 17.4 Å². The Morgan fingerprint density at radius 3 is 2.43 bits per heavy atom. The van der Waals surface area contributed by atoms with E-state index in [1.54, 1.807) is 37.3 Å². The van der Waals surface area contributed by atoms with Gasteiger partial charge in [0.05, 0.1) is 17.0 Å². The highest BCUT2D eigenvalue weighted by Gasteiger charge is 2.43. The monoisotopic (exact) mass is 657 g/mol. The molecular formula is C33H47N5O7S. The number of aliphatic imine (C=N–C) groups is 1. The summed E-state index contributed by atoms with van der Waals surface area (Å²) in [5.74, 6) is -0.136. The number of rotatable bonds is 14. The summed E-state index contributed by atoms with van der Waals surface area (Å²) in [6, 6.07) is 4.20. The number of nitrogens with one attached hydrogen (secondary N) is 2. The van der Waals surface area contributed by atoms with Crippen molar-refractivity contribution in [1.82, 2.24) is 10.0 Å². The number of amides is 1. The second-order valence-corrected chi connectivity index (χ2v) is 14.0. The Morgan fingerprint density at radius 2 is 1.83 bits per heavy atom. The molecule has 1 aromatic carbocycles. The fourth-order valence-electron chi connectivity index (χ4n) is 5.60. The third kappa shape index (κ3) is 9.00. The minimum atomic E-state index is -4.09. The average Bonchev–Trinajstić information content (AvgIpc) is 2.96. The zero-order valence-electron chi connectivity index (χ0n) is 27.5. The van der Waals surface area contributed by atoms with Crippen molar-refractivity contribution in [3.05, 3.63) is 75.6 Å². The topological polar surface area (TPSA) is 195 Å². The van der Waals surface area contributed by atoms with Crippen LogP contribution in [0.15, 0.2) is 75.1 Å². The zero-order chi connectivity index (χ0) is 34.4. The molecule has 1 aliphatic carbocycles. The van der Waals surface area contributed by atoms with Crippen molar-refractivity contribution < 1.29 is 32.6 Å². The average molecular weight is 658 g/mol. The lowest BCUT2D eigenvalue weighted by Crippen LogP contribution is -2.49. The van der Waals surface area contributed by atoms with Crippen LogP contribution in [0.2, 0.25) is 0 Å². The lowest BCUT2D eigenvalue weighted by molar-refractivity contribution is -0.142. The van der Waals surface area contributed by atoms with Crippen LogP contribution in [0.25, 0.3) is 0 Å². The summed E-state index contributed by atoms with van der Waals surface area (Å²) < 4.78 is 41.3. The number of carboxylic acid groups (broad SMARTS) is 1. The number of allylic oxidation sites excluding steroid dienone is 6. The second-order valence-electron chi connectivity index (χ2n) is 12.4. The van der Waals surface area contributed by atoms with Gasteiger partial charge in [-0.2, -0.15) is 0 Å². The molecule has 1 heterocycles. The third-order valence-corrected chi connectivity index (χ3v) is 9.99. The minimum absolute atomic E-state index is 0.0562. The van der Waals surface area contributed by atoms with Gasteiger partial charge in [-0.15, -0.1) is 0 Å². The van der Waals surface area contributed by atoms with Crippen LogP contribution in [0.4, 0.5) is 0 Å². The van der Waals surface area contributed by atoms with Gasteiger partial charge in [0.25, 0.3) is 10.0 Å². The number of fused-ring (bicyclic) bond motifs is 1. The van der Waals surface area contributed by atoms with Crippen LogP contribution in [0.5, 0.6) is 5.75 Å². The van der Waals surface area contributed by atoms with E-state index in [2.05, 4.69) is 21.6 Å². The molecule has 252 valence electrons. The van der Waals surface area contributed by atoms with E-state index in [1.165, 1.54) is 0 Å². The minimum Gasteiger partial charge on any atom is -0.490 e. The summed E-state index contributed by atoms with van der Waals surface area (Å²) >= 11 is 0. The van der Waals surface area contributed by atoms with E-state index in [0.29, 0.717) is 54.3 Å². The van der Waals surface area contributed by atoms with E-state index in [-0.39, 0.29) is 23.7 Å². The van der Waals surface area contributed by atoms with Gasteiger partial charge in [0.1, 0.15) is 29.9 Å². The summed E-state index contributed by atoms with van der Waals surface area (Å²) in [4.78, 5) is 29.2. The van der Waals surface area contributed by atoms with Crippen molar-refractivity contribution in [3.8, 4) is 5.75 Å². The smallest absolute Gasteiger partial charge is 0.326 e. The molecule has 0 radical (unpaired) electrons. The van der Waals surface area contributed by atoms with Crippen molar-refractivity contribution in [2.24, 2.45) is 21.9 Å². The van der Waals surface area contributed by atoms with E-state index < -0.39 is 45.4 Å². The Kier molecular flexibility index (Phi) is 11.9. The maximum Gasteiger partial charge on any atom is 0.326 e. The normalized spacial score (nSPS) is 18.6. The second kappa shape index (κ2) is 15.0. The molecule has 0 spiro atoms. The van der Waals surface area contributed by atoms with Gasteiger partial charge in [-0.1, -0.05) is 38.6 Å². The van der Waals surface area contributed by atoms with Crippen molar-refractivity contribution in [2.75, 3.05) is 6.61 Å². The number of carbonyl (C=O) groups excluding carboxylic acids is 1. The number of carbonyl (C=O) groups is 2. The van der Waals surface area contributed by atoms with Gasteiger partial charge in [-0.25, -0.2) is 22.9 Å².